The fraction of sp³-hybridized carbons (Fsp3) is 0.393. The predicted octanol–water partition coefficient (Wildman–Crippen LogP) is 4.48. The number of ether oxygens (including phenoxy) is 1. The summed E-state index contributed by atoms with van der Waals surface area (Å²) in [5.41, 5.74) is 4.67. The molecule has 184 valence electrons. The highest BCUT2D eigenvalue weighted by Crippen LogP contribution is 2.44. The summed E-state index contributed by atoms with van der Waals surface area (Å²) in [5.74, 6) is -1.50. The summed E-state index contributed by atoms with van der Waals surface area (Å²) >= 11 is 0. The third kappa shape index (κ3) is 5.91. The zero-order valence-electron chi connectivity index (χ0n) is 19.9. The van der Waals surface area contributed by atoms with Crippen LogP contribution in [0.15, 0.2) is 60.7 Å². The quantitative estimate of drug-likeness (QED) is 0.463. The van der Waals surface area contributed by atoms with Gasteiger partial charge in [-0.3, -0.25) is 9.59 Å². The van der Waals surface area contributed by atoms with Gasteiger partial charge in [0.15, 0.2) is 0 Å². The highest BCUT2D eigenvalue weighted by atomic mass is 16.5. The van der Waals surface area contributed by atoms with E-state index in [1.165, 1.54) is 11.1 Å². The van der Waals surface area contributed by atoms with E-state index in [1.54, 1.807) is 0 Å². The fourth-order valence-electron chi connectivity index (χ4n) is 4.96. The van der Waals surface area contributed by atoms with Gasteiger partial charge in [-0.15, -0.1) is 0 Å². The summed E-state index contributed by atoms with van der Waals surface area (Å²) in [6.45, 7) is 2.55. The van der Waals surface area contributed by atoms with Crippen molar-refractivity contribution < 1.29 is 24.2 Å². The van der Waals surface area contributed by atoms with Gasteiger partial charge in [-0.1, -0.05) is 74.0 Å². The van der Waals surface area contributed by atoms with Crippen LogP contribution in [-0.4, -0.2) is 42.3 Å². The minimum absolute atomic E-state index is 0.000855. The lowest BCUT2D eigenvalue weighted by atomic mass is 9.91. The summed E-state index contributed by atoms with van der Waals surface area (Å²) in [5, 5.41) is 14.9. The molecule has 2 aliphatic rings. The number of rotatable bonds is 9. The van der Waals surface area contributed by atoms with E-state index in [2.05, 4.69) is 34.9 Å². The second kappa shape index (κ2) is 11.2. The number of carboxylic acids is 1. The Morgan fingerprint density at radius 2 is 1.71 bits per heavy atom. The van der Waals surface area contributed by atoms with Crippen molar-refractivity contribution in [2.75, 3.05) is 13.2 Å². The number of aliphatic carboxylic acids is 1. The molecule has 0 saturated carbocycles. The van der Waals surface area contributed by atoms with Gasteiger partial charge < -0.3 is 20.5 Å². The average molecular weight is 477 g/mol. The van der Waals surface area contributed by atoms with Crippen molar-refractivity contribution in [3.05, 3.63) is 71.8 Å². The molecule has 0 spiro atoms. The van der Waals surface area contributed by atoms with Crippen molar-refractivity contribution in [3.63, 3.8) is 0 Å². The van der Waals surface area contributed by atoms with Crippen LogP contribution in [0.3, 0.4) is 0 Å². The highest BCUT2D eigenvalue weighted by molar-refractivity contribution is 5.79. The molecule has 7 nitrogen and oxygen atoms in total. The molecule has 2 aromatic rings. The minimum Gasteiger partial charge on any atom is -0.481 e. The Morgan fingerprint density at radius 3 is 2.34 bits per heavy atom. The van der Waals surface area contributed by atoms with Crippen molar-refractivity contribution in [3.8, 4) is 11.1 Å². The number of nitrogens with one attached hydrogen (secondary N) is 2. The summed E-state index contributed by atoms with van der Waals surface area (Å²) < 4.78 is 5.58. The number of hydrogen-bond donors (Lipinski definition) is 3. The SMILES string of the molecule is CCC(CNC(=O)OCC1c2ccccc2-c2ccccc21)CC(=O)N[C@H]1C=CC[C@H](C(=O)O)C1. The summed E-state index contributed by atoms with van der Waals surface area (Å²) in [4.78, 5) is 36.2. The molecule has 0 aromatic heterocycles. The third-order valence-electron chi connectivity index (χ3n) is 6.95. The Labute approximate surface area is 205 Å². The molecule has 0 aliphatic heterocycles. The van der Waals surface area contributed by atoms with Crippen LogP contribution in [0.1, 0.15) is 49.7 Å². The second-order valence-corrected chi connectivity index (χ2v) is 9.29. The largest absolute Gasteiger partial charge is 0.481 e. The molecule has 0 bridgehead atoms. The second-order valence-electron chi connectivity index (χ2n) is 9.29. The first-order valence-electron chi connectivity index (χ1n) is 12.2. The van der Waals surface area contributed by atoms with Gasteiger partial charge in [-0.2, -0.15) is 0 Å². The first-order valence-corrected chi connectivity index (χ1v) is 12.2. The number of carboxylic acid groups (broad SMARTS) is 1. The van der Waals surface area contributed by atoms with E-state index in [4.69, 9.17) is 4.74 Å². The molecule has 7 heteroatoms. The van der Waals surface area contributed by atoms with Gasteiger partial charge >= 0.3 is 12.1 Å². The van der Waals surface area contributed by atoms with E-state index in [-0.39, 0.29) is 36.8 Å². The van der Waals surface area contributed by atoms with Crippen LogP contribution in [0.5, 0.6) is 0 Å². The molecular formula is C28H32N2O5. The Morgan fingerprint density at radius 1 is 1.06 bits per heavy atom. The third-order valence-corrected chi connectivity index (χ3v) is 6.95. The summed E-state index contributed by atoms with van der Waals surface area (Å²) in [7, 11) is 0. The monoisotopic (exact) mass is 476 g/mol. The van der Waals surface area contributed by atoms with Crippen LogP contribution in [0.4, 0.5) is 4.79 Å². The molecular weight excluding hydrogens is 444 g/mol. The van der Waals surface area contributed by atoms with Crippen LogP contribution >= 0.6 is 0 Å². The van der Waals surface area contributed by atoms with E-state index in [9.17, 15) is 19.5 Å². The summed E-state index contributed by atoms with van der Waals surface area (Å²) in [6, 6.07) is 16.1. The van der Waals surface area contributed by atoms with Crippen molar-refractivity contribution in [2.24, 2.45) is 11.8 Å². The number of benzene rings is 2. The lowest BCUT2D eigenvalue weighted by Crippen LogP contribution is -2.39. The van der Waals surface area contributed by atoms with E-state index in [0.717, 1.165) is 17.5 Å². The van der Waals surface area contributed by atoms with E-state index in [1.807, 2.05) is 43.3 Å². The molecule has 3 atom stereocenters. The molecule has 0 heterocycles. The predicted molar refractivity (Wildman–Crippen MR) is 133 cm³/mol. The van der Waals surface area contributed by atoms with Crippen LogP contribution in [0, 0.1) is 11.8 Å². The molecule has 0 saturated heterocycles. The maximum absolute atomic E-state index is 12.5. The number of carbonyl (C=O) groups is 3. The van der Waals surface area contributed by atoms with Gasteiger partial charge in [0.05, 0.1) is 5.92 Å². The van der Waals surface area contributed by atoms with Gasteiger partial charge in [0.25, 0.3) is 0 Å². The highest BCUT2D eigenvalue weighted by Gasteiger charge is 2.29. The number of hydrogen-bond acceptors (Lipinski definition) is 4. The number of fused-ring (bicyclic) bond motifs is 3. The Hall–Kier alpha value is -3.61. The normalized spacial score (nSPS) is 19.3. The zero-order chi connectivity index (χ0) is 24.8. The number of allylic oxidation sites excluding steroid dienone is 1. The molecule has 0 fully saturated rings. The minimum atomic E-state index is -0.840. The van der Waals surface area contributed by atoms with Crippen molar-refractivity contribution in [1.82, 2.24) is 10.6 Å². The van der Waals surface area contributed by atoms with Crippen LogP contribution in [0.25, 0.3) is 11.1 Å². The van der Waals surface area contributed by atoms with Crippen LogP contribution < -0.4 is 10.6 Å². The van der Waals surface area contributed by atoms with Gasteiger partial charge in [0.2, 0.25) is 5.91 Å². The zero-order valence-corrected chi connectivity index (χ0v) is 19.9. The van der Waals surface area contributed by atoms with Crippen molar-refractivity contribution >= 4 is 18.0 Å². The lowest BCUT2D eigenvalue weighted by Gasteiger charge is -2.24. The molecule has 35 heavy (non-hydrogen) atoms. The molecule has 2 amide bonds. The van der Waals surface area contributed by atoms with E-state index < -0.39 is 18.0 Å². The lowest BCUT2D eigenvalue weighted by molar-refractivity contribution is -0.142. The van der Waals surface area contributed by atoms with Crippen molar-refractivity contribution in [1.29, 1.82) is 0 Å². The Balaban J connectivity index is 1.24. The molecule has 0 radical (unpaired) electrons. The smallest absolute Gasteiger partial charge is 0.407 e. The first kappa shape index (κ1) is 24.5. The number of alkyl carbamates (subject to hydrolysis) is 1. The number of amides is 2. The Kier molecular flexibility index (Phi) is 7.85. The molecule has 1 unspecified atom stereocenters. The average Bonchev–Trinajstić information content (AvgIpc) is 3.19. The topological polar surface area (TPSA) is 105 Å². The van der Waals surface area contributed by atoms with Gasteiger partial charge in [-0.05, 0) is 41.0 Å². The maximum atomic E-state index is 12.5. The summed E-state index contributed by atoms with van der Waals surface area (Å²) in [6.07, 6.45) is 5.02. The molecule has 2 aromatic carbocycles. The molecule has 3 N–H and O–H groups in total. The van der Waals surface area contributed by atoms with Gasteiger partial charge in [0, 0.05) is 24.9 Å². The van der Waals surface area contributed by atoms with Crippen LogP contribution in [-0.2, 0) is 14.3 Å². The van der Waals surface area contributed by atoms with Gasteiger partial charge in [0.1, 0.15) is 6.61 Å². The maximum Gasteiger partial charge on any atom is 0.407 e. The van der Waals surface area contributed by atoms with E-state index in [0.29, 0.717) is 19.4 Å². The van der Waals surface area contributed by atoms with Crippen LogP contribution in [0.2, 0.25) is 0 Å². The molecule has 2 aliphatic carbocycles. The van der Waals surface area contributed by atoms with Crippen molar-refractivity contribution in [2.45, 2.75) is 44.6 Å². The standard InChI is InChI=1S/C28H32N2O5/c1-2-18(14-26(31)30-20-9-7-8-19(15-20)27(32)33)16-29-28(34)35-17-25-23-12-5-3-10-21(23)22-11-4-6-13-24(22)25/h3-7,9-13,18-20,25H,2,8,14-17H2,1H3,(H,29,34)(H,30,31)(H,32,33)/t18?,19-,20-/m0/s1. The van der Waals surface area contributed by atoms with E-state index >= 15 is 0 Å². The fourth-order valence-corrected chi connectivity index (χ4v) is 4.96. The number of carbonyl (C=O) groups excluding carboxylic acids is 2. The molecule has 4 rings (SSSR count). The van der Waals surface area contributed by atoms with Gasteiger partial charge in [-0.25, -0.2) is 4.79 Å². The first-order chi connectivity index (χ1) is 17.0. The Bertz CT molecular complexity index is 1070.